The van der Waals surface area contributed by atoms with Crippen LogP contribution < -0.4 is 30.5 Å². The van der Waals surface area contributed by atoms with Crippen LogP contribution >= 0.6 is 0 Å². The quantitative estimate of drug-likeness (QED) is 0.563. The molecule has 3 aliphatic rings. The van der Waals surface area contributed by atoms with Gasteiger partial charge in [-0.3, -0.25) is 9.59 Å². The number of carbonyl (C=O) groups is 2. The van der Waals surface area contributed by atoms with Crippen molar-refractivity contribution in [2.24, 2.45) is 0 Å². The van der Waals surface area contributed by atoms with E-state index in [1.807, 2.05) is 6.07 Å². The summed E-state index contributed by atoms with van der Waals surface area (Å²) in [6.45, 7) is 2.49. The van der Waals surface area contributed by atoms with Crippen molar-refractivity contribution in [3.8, 4) is 5.75 Å². The molecule has 3 heterocycles. The Balaban J connectivity index is 1.38. The van der Waals surface area contributed by atoms with Crippen molar-refractivity contribution < 1.29 is 14.3 Å². The number of nitrogens with one attached hydrogen (secondary N) is 3. The Morgan fingerprint density at radius 1 is 1.17 bits per heavy atom. The highest BCUT2D eigenvalue weighted by Crippen LogP contribution is 2.37. The normalized spacial score (nSPS) is 19.1. The number of hydrogen-bond acceptors (Lipinski definition) is 8. The number of carbonyl (C=O) groups excluding carboxylic acids is 2. The number of anilines is 4. The van der Waals surface area contributed by atoms with Gasteiger partial charge in [0.05, 0.1) is 19.0 Å². The third-order valence-corrected chi connectivity index (χ3v) is 7.47. The number of amides is 2. The molecule has 0 bridgehead atoms. The molecule has 1 aromatic carbocycles. The molecular formula is C26H35N7O3. The van der Waals surface area contributed by atoms with E-state index in [1.54, 1.807) is 37.4 Å². The topological polar surface area (TPSA) is 112 Å². The van der Waals surface area contributed by atoms with Crippen LogP contribution in [0.15, 0.2) is 24.4 Å². The maximum Gasteiger partial charge on any atom is 0.251 e. The van der Waals surface area contributed by atoms with Gasteiger partial charge < -0.3 is 30.5 Å². The second kappa shape index (κ2) is 10.7. The number of aromatic nitrogens is 2. The number of rotatable bonds is 6. The lowest BCUT2D eigenvalue weighted by Gasteiger charge is -2.30. The van der Waals surface area contributed by atoms with E-state index in [0.717, 1.165) is 50.3 Å². The van der Waals surface area contributed by atoms with Crippen molar-refractivity contribution >= 4 is 35.0 Å². The second-order valence-corrected chi connectivity index (χ2v) is 9.77. The minimum Gasteiger partial charge on any atom is -0.495 e. The summed E-state index contributed by atoms with van der Waals surface area (Å²) in [6, 6.07) is 5.90. The van der Waals surface area contributed by atoms with Crippen LogP contribution in [0.2, 0.25) is 0 Å². The average molecular weight is 494 g/mol. The van der Waals surface area contributed by atoms with E-state index < -0.39 is 0 Å². The summed E-state index contributed by atoms with van der Waals surface area (Å²) in [5, 5.41) is 9.69. The molecule has 0 atom stereocenters. The number of benzene rings is 1. The lowest BCUT2D eigenvalue weighted by Crippen LogP contribution is -2.42. The molecule has 1 saturated carbocycles. The van der Waals surface area contributed by atoms with E-state index in [-0.39, 0.29) is 17.9 Å². The Morgan fingerprint density at radius 3 is 2.69 bits per heavy atom. The largest absolute Gasteiger partial charge is 0.495 e. The molecule has 2 aromatic rings. The van der Waals surface area contributed by atoms with Crippen molar-refractivity contribution in [3.63, 3.8) is 0 Å². The van der Waals surface area contributed by atoms with Crippen molar-refractivity contribution in [2.45, 2.75) is 57.0 Å². The molecule has 192 valence electrons. The highest BCUT2D eigenvalue weighted by Gasteiger charge is 2.31. The zero-order valence-corrected chi connectivity index (χ0v) is 21.0. The van der Waals surface area contributed by atoms with Gasteiger partial charge in [0.1, 0.15) is 11.4 Å². The van der Waals surface area contributed by atoms with Crippen molar-refractivity contribution in [3.05, 3.63) is 30.0 Å². The molecule has 1 aliphatic carbocycles. The molecule has 10 heteroatoms. The Labute approximate surface area is 211 Å². The molecule has 0 unspecified atom stereocenters. The van der Waals surface area contributed by atoms with Crippen LogP contribution in [0.25, 0.3) is 0 Å². The smallest absolute Gasteiger partial charge is 0.251 e. The Morgan fingerprint density at radius 2 is 1.94 bits per heavy atom. The fourth-order valence-corrected chi connectivity index (χ4v) is 5.36. The van der Waals surface area contributed by atoms with Gasteiger partial charge >= 0.3 is 0 Å². The van der Waals surface area contributed by atoms with Crippen molar-refractivity contribution in [1.82, 2.24) is 20.6 Å². The summed E-state index contributed by atoms with van der Waals surface area (Å²) in [7, 11) is 3.36. The van der Waals surface area contributed by atoms with Gasteiger partial charge in [-0.2, -0.15) is 4.98 Å². The third-order valence-electron chi connectivity index (χ3n) is 7.47. The molecule has 36 heavy (non-hydrogen) atoms. The predicted octanol–water partition coefficient (Wildman–Crippen LogP) is 2.83. The standard InChI is InChI=1S/C26H35N7O3/c1-32-21-16-28-26(31-24(21)33(14-11-23(32)34)19-5-3-4-6-19)30-20-8-7-17(15-22(20)36-2)25(35)29-18-9-12-27-13-10-18/h7-8,15-16,18-19,27H,3-6,9-14H2,1-2H3,(H,29,35)(H,28,30,31). The van der Waals surface area contributed by atoms with E-state index in [2.05, 4.69) is 25.8 Å². The van der Waals surface area contributed by atoms with Gasteiger partial charge in [0.15, 0.2) is 5.82 Å². The summed E-state index contributed by atoms with van der Waals surface area (Å²) in [5.74, 6) is 1.70. The van der Waals surface area contributed by atoms with Crippen LogP contribution in [-0.4, -0.2) is 67.7 Å². The molecular weight excluding hydrogens is 458 g/mol. The van der Waals surface area contributed by atoms with Crippen molar-refractivity contribution in [2.75, 3.05) is 48.9 Å². The van der Waals surface area contributed by atoms with E-state index in [4.69, 9.17) is 9.72 Å². The van der Waals surface area contributed by atoms with Crippen LogP contribution in [0, 0.1) is 0 Å². The third kappa shape index (κ3) is 5.09. The fraction of sp³-hybridized carbons (Fsp3) is 0.538. The highest BCUT2D eigenvalue weighted by molar-refractivity contribution is 5.97. The molecule has 10 nitrogen and oxygen atoms in total. The molecule has 2 amide bonds. The first-order valence-electron chi connectivity index (χ1n) is 12.9. The first kappa shape index (κ1) is 24.3. The van der Waals surface area contributed by atoms with Crippen LogP contribution in [0.3, 0.4) is 0 Å². The molecule has 5 rings (SSSR count). The maximum absolute atomic E-state index is 12.8. The zero-order valence-electron chi connectivity index (χ0n) is 21.0. The number of methoxy groups -OCH3 is 1. The van der Waals surface area contributed by atoms with Crippen molar-refractivity contribution in [1.29, 1.82) is 0 Å². The molecule has 2 aliphatic heterocycles. The zero-order chi connectivity index (χ0) is 25.1. The molecule has 0 radical (unpaired) electrons. The predicted molar refractivity (Wildman–Crippen MR) is 139 cm³/mol. The minimum absolute atomic E-state index is 0.0704. The van der Waals surface area contributed by atoms with Gasteiger partial charge in [-0.1, -0.05) is 12.8 Å². The SMILES string of the molecule is COc1cc(C(=O)NC2CCNCC2)ccc1Nc1ncc2c(n1)N(C1CCCC1)CCC(=O)N2C. The Hall–Kier alpha value is -3.40. The molecule has 1 saturated heterocycles. The summed E-state index contributed by atoms with van der Waals surface area (Å²) < 4.78 is 5.59. The highest BCUT2D eigenvalue weighted by atomic mass is 16.5. The van der Waals surface area contributed by atoms with Gasteiger partial charge in [0, 0.05) is 37.7 Å². The first-order valence-corrected chi connectivity index (χ1v) is 12.9. The van der Waals surface area contributed by atoms with Crippen LogP contribution in [0.1, 0.15) is 55.3 Å². The number of nitrogens with zero attached hydrogens (tertiary/aromatic N) is 4. The van der Waals surface area contributed by atoms with E-state index in [9.17, 15) is 9.59 Å². The number of hydrogen-bond donors (Lipinski definition) is 3. The van der Waals surface area contributed by atoms with Crippen LogP contribution in [0.4, 0.5) is 23.1 Å². The summed E-state index contributed by atoms with van der Waals surface area (Å²) in [4.78, 5) is 38.7. The number of fused-ring (bicyclic) bond motifs is 1. The lowest BCUT2D eigenvalue weighted by atomic mass is 10.1. The number of ether oxygens (including phenoxy) is 1. The second-order valence-electron chi connectivity index (χ2n) is 9.77. The first-order chi connectivity index (χ1) is 17.5. The molecule has 0 spiro atoms. The van der Waals surface area contributed by atoms with Gasteiger partial charge in [-0.25, -0.2) is 4.98 Å². The summed E-state index contributed by atoms with van der Waals surface area (Å²) in [5.41, 5.74) is 1.94. The molecule has 3 N–H and O–H groups in total. The van der Waals surface area contributed by atoms with Gasteiger partial charge in [-0.15, -0.1) is 0 Å². The fourth-order valence-electron chi connectivity index (χ4n) is 5.36. The average Bonchev–Trinajstić information content (AvgIpc) is 3.40. The van der Waals surface area contributed by atoms with Crippen LogP contribution in [-0.2, 0) is 4.79 Å². The van der Waals surface area contributed by atoms with Gasteiger partial charge in [0.2, 0.25) is 11.9 Å². The van der Waals surface area contributed by atoms with E-state index >= 15 is 0 Å². The monoisotopic (exact) mass is 493 g/mol. The van der Waals surface area contributed by atoms with Gasteiger partial charge in [0.25, 0.3) is 5.91 Å². The Kier molecular flexibility index (Phi) is 7.22. The maximum atomic E-state index is 12.8. The van der Waals surface area contributed by atoms with Crippen LogP contribution in [0.5, 0.6) is 5.75 Å². The summed E-state index contributed by atoms with van der Waals surface area (Å²) in [6.07, 6.45) is 8.64. The van der Waals surface area contributed by atoms with E-state index in [0.29, 0.717) is 42.0 Å². The number of piperidine rings is 1. The summed E-state index contributed by atoms with van der Waals surface area (Å²) >= 11 is 0. The molecule has 1 aromatic heterocycles. The van der Waals surface area contributed by atoms with Gasteiger partial charge in [-0.05, 0) is 57.0 Å². The Bertz CT molecular complexity index is 1110. The minimum atomic E-state index is -0.104. The molecule has 2 fully saturated rings. The lowest BCUT2D eigenvalue weighted by molar-refractivity contribution is -0.118. The van der Waals surface area contributed by atoms with E-state index in [1.165, 1.54) is 12.8 Å².